The molecular formula is C16H23ClN2O3S. The minimum atomic E-state index is -3.55. The van der Waals surface area contributed by atoms with Crippen molar-refractivity contribution in [2.24, 2.45) is 0 Å². The number of fused-ring (bicyclic) bond motifs is 1. The van der Waals surface area contributed by atoms with Gasteiger partial charge in [0.25, 0.3) is 0 Å². The molecule has 0 aliphatic carbocycles. The molecule has 1 saturated heterocycles. The number of nitrogens with one attached hydrogen (secondary N) is 1. The predicted molar refractivity (Wildman–Crippen MR) is 90.7 cm³/mol. The monoisotopic (exact) mass is 358 g/mol. The average molecular weight is 359 g/mol. The highest BCUT2D eigenvalue weighted by molar-refractivity contribution is 7.89. The van der Waals surface area contributed by atoms with Crippen molar-refractivity contribution in [2.75, 3.05) is 19.6 Å². The summed E-state index contributed by atoms with van der Waals surface area (Å²) in [4.78, 5) is 0.277. The molecule has 2 aliphatic rings. The molecule has 0 saturated carbocycles. The molecule has 0 amide bonds. The lowest BCUT2D eigenvalue weighted by Crippen LogP contribution is -2.42. The summed E-state index contributed by atoms with van der Waals surface area (Å²) in [5.41, 5.74) is 0.879. The molecule has 0 bridgehead atoms. The second kappa shape index (κ2) is 6.59. The zero-order chi connectivity index (χ0) is 16.6. The molecule has 23 heavy (non-hydrogen) atoms. The van der Waals surface area contributed by atoms with E-state index in [1.807, 2.05) is 13.8 Å². The quantitative estimate of drug-likeness (QED) is 0.878. The van der Waals surface area contributed by atoms with Crippen LogP contribution in [-0.4, -0.2) is 44.5 Å². The Balaban J connectivity index is 1.98. The van der Waals surface area contributed by atoms with Gasteiger partial charge in [0.2, 0.25) is 10.0 Å². The van der Waals surface area contributed by atoms with Gasteiger partial charge >= 0.3 is 0 Å². The molecule has 7 heteroatoms. The molecule has 1 fully saturated rings. The summed E-state index contributed by atoms with van der Waals surface area (Å²) < 4.78 is 33.6. The number of halogens is 1. The van der Waals surface area contributed by atoms with Gasteiger partial charge in [0.1, 0.15) is 11.9 Å². The first-order valence-corrected chi connectivity index (χ1v) is 9.97. The Hall–Kier alpha value is -0.820. The van der Waals surface area contributed by atoms with E-state index in [-0.39, 0.29) is 17.0 Å². The Morgan fingerprint density at radius 2 is 2.22 bits per heavy atom. The first-order chi connectivity index (χ1) is 10.9. The van der Waals surface area contributed by atoms with Crippen LogP contribution in [0.5, 0.6) is 5.75 Å². The van der Waals surface area contributed by atoms with E-state index in [2.05, 4.69) is 5.32 Å². The van der Waals surface area contributed by atoms with E-state index in [1.165, 1.54) is 6.07 Å². The van der Waals surface area contributed by atoms with Crippen LogP contribution in [0.3, 0.4) is 0 Å². The standard InChI is InChI=1S/C16H23ClN2O3S/c1-3-6-19(13-4-5-18-10-13)23(20,21)14-8-12-7-11(2)22-16(12)15(17)9-14/h8-9,11,13,18H,3-7,10H2,1-2H3. The summed E-state index contributed by atoms with van der Waals surface area (Å²) >= 11 is 6.27. The molecule has 3 rings (SSSR count). The molecule has 2 atom stereocenters. The van der Waals surface area contributed by atoms with Gasteiger partial charge in [-0.1, -0.05) is 18.5 Å². The van der Waals surface area contributed by atoms with Gasteiger partial charge < -0.3 is 10.1 Å². The summed E-state index contributed by atoms with van der Waals surface area (Å²) in [6.07, 6.45) is 2.36. The first kappa shape index (κ1) is 17.0. The van der Waals surface area contributed by atoms with Gasteiger partial charge in [-0.25, -0.2) is 8.42 Å². The first-order valence-electron chi connectivity index (χ1n) is 8.15. The molecule has 0 spiro atoms. The topological polar surface area (TPSA) is 58.6 Å². The minimum Gasteiger partial charge on any atom is -0.489 e. The van der Waals surface area contributed by atoms with Gasteiger partial charge in [0.05, 0.1) is 9.92 Å². The molecule has 5 nitrogen and oxygen atoms in total. The summed E-state index contributed by atoms with van der Waals surface area (Å²) in [7, 11) is -3.55. The lowest BCUT2D eigenvalue weighted by molar-refractivity contribution is 0.255. The van der Waals surface area contributed by atoms with Crippen molar-refractivity contribution in [3.05, 3.63) is 22.7 Å². The van der Waals surface area contributed by atoms with Crippen LogP contribution >= 0.6 is 11.6 Å². The summed E-state index contributed by atoms with van der Waals surface area (Å²) in [6, 6.07) is 3.27. The molecule has 2 heterocycles. The second-order valence-corrected chi connectivity index (χ2v) is 8.59. The van der Waals surface area contributed by atoms with E-state index in [9.17, 15) is 8.42 Å². The fourth-order valence-corrected chi connectivity index (χ4v) is 5.52. The van der Waals surface area contributed by atoms with Gasteiger partial charge in [-0.15, -0.1) is 0 Å². The average Bonchev–Trinajstić information content (AvgIpc) is 3.13. The molecule has 1 N–H and O–H groups in total. The molecule has 0 radical (unpaired) electrons. The van der Waals surface area contributed by atoms with Crippen molar-refractivity contribution in [3.63, 3.8) is 0 Å². The SMILES string of the molecule is CCCN(C1CCNC1)S(=O)(=O)c1cc(Cl)c2c(c1)CC(C)O2. The van der Waals surface area contributed by atoms with Crippen LogP contribution in [0.2, 0.25) is 5.02 Å². The lowest BCUT2D eigenvalue weighted by Gasteiger charge is -2.27. The number of rotatable bonds is 5. The van der Waals surface area contributed by atoms with Crippen molar-refractivity contribution in [1.29, 1.82) is 0 Å². The molecule has 1 aromatic carbocycles. The van der Waals surface area contributed by atoms with Crippen LogP contribution in [0, 0.1) is 0 Å². The highest BCUT2D eigenvalue weighted by Crippen LogP contribution is 2.38. The van der Waals surface area contributed by atoms with Gasteiger partial charge in [-0.3, -0.25) is 0 Å². The van der Waals surface area contributed by atoms with Crippen LogP contribution in [0.1, 0.15) is 32.3 Å². The van der Waals surface area contributed by atoms with Crippen molar-refractivity contribution < 1.29 is 13.2 Å². The molecule has 1 aromatic rings. The third-order valence-corrected chi connectivity index (χ3v) is 6.62. The number of sulfonamides is 1. The summed E-state index contributed by atoms with van der Waals surface area (Å²) in [6.45, 7) is 6.04. The van der Waals surface area contributed by atoms with Gasteiger partial charge in [-0.2, -0.15) is 4.31 Å². The van der Waals surface area contributed by atoms with Crippen molar-refractivity contribution >= 4 is 21.6 Å². The van der Waals surface area contributed by atoms with E-state index in [1.54, 1.807) is 10.4 Å². The normalized spacial score (nSPS) is 24.0. The zero-order valence-electron chi connectivity index (χ0n) is 13.5. The Bertz CT molecular complexity index is 687. The van der Waals surface area contributed by atoms with Crippen LogP contribution in [0.4, 0.5) is 0 Å². The van der Waals surface area contributed by atoms with Crippen molar-refractivity contribution in [1.82, 2.24) is 9.62 Å². The number of nitrogens with zero attached hydrogens (tertiary/aromatic N) is 1. The number of benzene rings is 1. The minimum absolute atomic E-state index is 0.0159. The Labute approximate surface area is 143 Å². The van der Waals surface area contributed by atoms with Crippen LogP contribution in [0.25, 0.3) is 0 Å². The highest BCUT2D eigenvalue weighted by Gasteiger charge is 2.34. The van der Waals surface area contributed by atoms with E-state index < -0.39 is 10.0 Å². The Morgan fingerprint density at radius 3 is 2.87 bits per heavy atom. The molecule has 128 valence electrons. The van der Waals surface area contributed by atoms with Crippen LogP contribution < -0.4 is 10.1 Å². The smallest absolute Gasteiger partial charge is 0.243 e. The second-order valence-electron chi connectivity index (χ2n) is 6.29. The van der Waals surface area contributed by atoms with Gasteiger partial charge in [-0.05, 0) is 38.4 Å². The van der Waals surface area contributed by atoms with Gasteiger partial charge in [0.15, 0.2) is 0 Å². The zero-order valence-corrected chi connectivity index (χ0v) is 15.1. The van der Waals surface area contributed by atoms with E-state index in [0.29, 0.717) is 30.3 Å². The number of ether oxygens (including phenoxy) is 1. The number of hydrogen-bond donors (Lipinski definition) is 1. The maximum Gasteiger partial charge on any atom is 0.243 e. The molecule has 2 unspecified atom stereocenters. The maximum atomic E-state index is 13.1. The van der Waals surface area contributed by atoms with Crippen molar-refractivity contribution in [2.45, 2.75) is 50.2 Å². The third kappa shape index (κ3) is 3.22. The third-order valence-electron chi connectivity index (χ3n) is 4.41. The molecular weight excluding hydrogens is 336 g/mol. The highest BCUT2D eigenvalue weighted by atomic mass is 35.5. The summed E-state index contributed by atoms with van der Waals surface area (Å²) in [5, 5.41) is 3.62. The van der Waals surface area contributed by atoms with Crippen LogP contribution in [-0.2, 0) is 16.4 Å². The van der Waals surface area contributed by atoms with Crippen LogP contribution in [0.15, 0.2) is 17.0 Å². The molecule has 0 aromatic heterocycles. The van der Waals surface area contributed by atoms with Gasteiger partial charge in [0, 0.05) is 31.1 Å². The van der Waals surface area contributed by atoms with Crippen molar-refractivity contribution in [3.8, 4) is 5.75 Å². The molecule has 2 aliphatic heterocycles. The lowest BCUT2D eigenvalue weighted by atomic mass is 10.1. The predicted octanol–water partition coefficient (Wildman–Crippen LogP) is 2.43. The van der Waals surface area contributed by atoms with E-state index >= 15 is 0 Å². The fourth-order valence-electron chi connectivity index (χ4n) is 3.35. The Kier molecular flexibility index (Phi) is 4.88. The van der Waals surface area contributed by atoms with E-state index in [4.69, 9.17) is 16.3 Å². The Morgan fingerprint density at radius 1 is 1.43 bits per heavy atom. The largest absolute Gasteiger partial charge is 0.489 e. The summed E-state index contributed by atoms with van der Waals surface area (Å²) in [5.74, 6) is 0.627. The number of hydrogen-bond acceptors (Lipinski definition) is 4. The maximum absolute atomic E-state index is 13.1. The van der Waals surface area contributed by atoms with E-state index in [0.717, 1.165) is 24.9 Å². The fraction of sp³-hybridized carbons (Fsp3) is 0.625.